The first kappa shape index (κ1) is 21.4. The van der Waals surface area contributed by atoms with Crippen molar-refractivity contribution < 1.29 is 26.7 Å². The van der Waals surface area contributed by atoms with E-state index in [1.165, 1.54) is 36.6 Å². The summed E-state index contributed by atoms with van der Waals surface area (Å²) in [7, 11) is 6.14. The Balaban J connectivity index is 0.00000484. The Morgan fingerprint density at radius 1 is 0.870 bits per heavy atom. The molecule has 9 heteroatoms. The third-order valence-corrected chi connectivity index (χ3v) is 3.54. The molecule has 0 aromatic rings. The molecule has 8 nitrogen and oxygen atoms in total. The number of amidine groups is 2. The Kier molecular flexibility index (Phi) is 10.2. The Bertz CT molecular complexity index is 424. The third-order valence-electron chi connectivity index (χ3n) is 3.54. The number of nitrogens with zero attached hydrogens (tertiary/aromatic N) is 6. The Labute approximate surface area is 147 Å². The van der Waals surface area contributed by atoms with E-state index >= 15 is 0 Å². The van der Waals surface area contributed by atoms with Crippen molar-refractivity contribution in [2.24, 2.45) is 20.0 Å². The molecule has 0 aliphatic heterocycles. The second-order valence-electron chi connectivity index (χ2n) is 5.18. The van der Waals surface area contributed by atoms with Crippen LogP contribution in [-0.4, -0.2) is 74.8 Å². The zero-order chi connectivity index (χ0) is 16.5. The molecule has 0 N–H and O–H groups in total. The van der Waals surface area contributed by atoms with E-state index < -0.39 is 0 Å². The molecular formula is C14H24N6NiO2. The second-order valence-corrected chi connectivity index (χ2v) is 5.18. The number of hydrogen-bond donors (Lipinski definition) is 0. The van der Waals surface area contributed by atoms with Gasteiger partial charge in [0.15, 0.2) is 0 Å². The van der Waals surface area contributed by atoms with Crippen LogP contribution in [0, 0.1) is 0 Å². The van der Waals surface area contributed by atoms with Crippen LogP contribution in [-0.2, 0) is 16.5 Å². The smallest absolute Gasteiger partial charge is 0.846 e. The van der Waals surface area contributed by atoms with Crippen molar-refractivity contribution in [2.45, 2.75) is 37.8 Å². The van der Waals surface area contributed by atoms with Crippen LogP contribution in [0.2, 0.25) is 0 Å². The summed E-state index contributed by atoms with van der Waals surface area (Å²) < 4.78 is 0. The summed E-state index contributed by atoms with van der Waals surface area (Å²) in [6, 6.07) is -0.651. The van der Waals surface area contributed by atoms with Crippen molar-refractivity contribution in [1.29, 1.82) is 0 Å². The van der Waals surface area contributed by atoms with Gasteiger partial charge in [-0.15, -0.1) is 0 Å². The molecule has 0 aromatic heterocycles. The molecule has 0 radical (unpaired) electrons. The van der Waals surface area contributed by atoms with Gasteiger partial charge in [-0.2, -0.15) is 0 Å². The minimum Gasteiger partial charge on any atom is -0.846 e. The predicted octanol–water partition coefficient (Wildman–Crippen LogP) is -1.09. The van der Waals surface area contributed by atoms with Crippen LogP contribution in [0.3, 0.4) is 0 Å². The van der Waals surface area contributed by atoms with E-state index in [0.717, 1.165) is 25.7 Å². The van der Waals surface area contributed by atoms with Crippen LogP contribution in [0.15, 0.2) is 20.0 Å². The second kappa shape index (κ2) is 11.0. The maximum atomic E-state index is 11.4. The molecule has 132 valence electrons. The normalized spacial score (nSPS) is 23.1. The van der Waals surface area contributed by atoms with Gasteiger partial charge in [0.05, 0.1) is 36.8 Å². The van der Waals surface area contributed by atoms with Gasteiger partial charge < -0.3 is 20.0 Å². The van der Waals surface area contributed by atoms with Crippen LogP contribution in [0.25, 0.3) is 0 Å². The SMILES string of the molecule is CN=C([O-])N(C)C=N[C@@H]1CCCC[C@H]1N=CN(C)C([O-])=NC.[Ni+2]. The van der Waals surface area contributed by atoms with Crippen LogP contribution in [0.4, 0.5) is 0 Å². The van der Waals surface area contributed by atoms with E-state index in [9.17, 15) is 10.2 Å². The molecule has 2 atom stereocenters. The van der Waals surface area contributed by atoms with E-state index in [1.807, 2.05) is 0 Å². The molecule has 1 rings (SSSR count). The summed E-state index contributed by atoms with van der Waals surface area (Å²) in [5.74, 6) is 0. The largest absolute Gasteiger partial charge is 2.00 e. The average Bonchev–Trinajstić information content (AvgIpc) is 2.56. The van der Waals surface area contributed by atoms with E-state index in [0.29, 0.717) is 0 Å². The maximum Gasteiger partial charge on any atom is 2.00 e. The molecule has 0 bridgehead atoms. The van der Waals surface area contributed by atoms with Crippen LogP contribution >= 0.6 is 0 Å². The fraction of sp³-hybridized carbons (Fsp3) is 0.714. The molecule has 23 heavy (non-hydrogen) atoms. The minimum atomic E-state index is -0.338. The Morgan fingerprint density at radius 3 is 1.52 bits per heavy atom. The molecule has 0 amide bonds. The molecule has 0 aromatic carbocycles. The average molecular weight is 367 g/mol. The molecule has 1 aliphatic rings. The number of aliphatic imine (C=N–C) groups is 4. The zero-order valence-electron chi connectivity index (χ0n) is 14.0. The van der Waals surface area contributed by atoms with Gasteiger partial charge in [-0.25, -0.2) is 0 Å². The number of rotatable bonds is 4. The van der Waals surface area contributed by atoms with Crippen molar-refractivity contribution in [2.75, 3.05) is 28.2 Å². The van der Waals surface area contributed by atoms with Crippen molar-refractivity contribution in [1.82, 2.24) is 9.80 Å². The quantitative estimate of drug-likeness (QED) is 0.358. The molecular weight excluding hydrogens is 343 g/mol. The molecule has 1 aliphatic carbocycles. The molecule has 0 saturated heterocycles. The van der Waals surface area contributed by atoms with Gasteiger partial charge in [0, 0.05) is 28.2 Å². The van der Waals surface area contributed by atoms with Gasteiger partial charge in [-0.1, -0.05) is 12.8 Å². The topological polar surface area (TPSA) is 102 Å². The van der Waals surface area contributed by atoms with Gasteiger partial charge in [0.25, 0.3) is 0 Å². The molecule has 0 spiro atoms. The van der Waals surface area contributed by atoms with Gasteiger partial charge in [-0.05, 0) is 12.8 Å². The maximum absolute atomic E-state index is 11.4. The van der Waals surface area contributed by atoms with E-state index in [1.54, 1.807) is 14.1 Å². The van der Waals surface area contributed by atoms with E-state index in [4.69, 9.17) is 0 Å². The summed E-state index contributed by atoms with van der Waals surface area (Å²) in [6.07, 6.45) is 7.01. The van der Waals surface area contributed by atoms with E-state index in [2.05, 4.69) is 20.0 Å². The fourth-order valence-corrected chi connectivity index (χ4v) is 2.23. The first-order valence-electron chi connectivity index (χ1n) is 7.29. The first-order chi connectivity index (χ1) is 10.5. The summed E-state index contributed by atoms with van der Waals surface area (Å²) in [4.78, 5) is 18.8. The summed E-state index contributed by atoms with van der Waals surface area (Å²) in [5, 5.41) is 22.7. The van der Waals surface area contributed by atoms with Crippen LogP contribution in [0.1, 0.15) is 25.7 Å². The Morgan fingerprint density at radius 2 is 1.22 bits per heavy atom. The van der Waals surface area contributed by atoms with Gasteiger partial charge in [0.2, 0.25) is 0 Å². The summed E-state index contributed by atoms with van der Waals surface area (Å²) in [6.45, 7) is 0. The van der Waals surface area contributed by atoms with Crippen LogP contribution < -0.4 is 10.2 Å². The summed E-state index contributed by atoms with van der Waals surface area (Å²) in [5.41, 5.74) is 0. The standard InChI is InChI=1S/C14H26N6O2.Ni/c1-15-13(21)19(3)9-17-11-7-5-6-8-12(11)18-10-20(4)14(22)16-2;/h9-12H,5-8H2,1-4H3,(H,15,21)(H,16,22);/q;+2/p-2/t11-,12-;/m1./s1. The molecule has 1 saturated carbocycles. The summed E-state index contributed by atoms with van der Waals surface area (Å²) >= 11 is 0. The van der Waals surface area contributed by atoms with Crippen LogP contribution in [0.5, 0.6) is 0 Å². The first-order valence-corrected chi connectivity index (χ1v) is 7.29. The molecule has 1 fully saturated rings. The molecule has 0 heterocycles. The number of hydrogen-bond acceptors (Lipinski definition) is 6. The van der Waals surface area contributed by atoms with Crippen molar-refractivity contribution in [3.8, 4) is 0 Å². The van der Waals surface area contributed by atoms with Crippen molar-refractivity contribution in [3.63, 3.8) is 0 Å². The predicted molar refractivity (Wildman–Crippen MR) is 85.3 cm³/mol. The van der Waals surface area contributed by atoms with Crippen molar-refractivity contribution in [3.05, 3.63) is 0 Å². The monoisotopic (exact) mass is 366 g/mol. The van der Waals surface area contributed by atoms with Crippen molar-refractivity contribution >= 4 is 24.7 Å². The minimum absolute atomic E-state index is 0. The fourth-order valence-electron chi connectivity index (χ4n) is 2.23. The van der Waals surface area contributed by atoms with Gasteiger partial charge >= 0.3 is 16.5 Å². The molecule has 0 unspecified atom stereocenters. The van der Waals surface area contributed by atoms with Gasteiger partial charge in [-0.3, -0.25) is 20.0 Å². The Hall–Kier alpha value is -1.63. The van der Waals surface area contributed by atoms with Gasteiger partial charge in [0.1, 0.15) is 0 Å². The van der Waals surface area contributed by atoms with E-state index in [-0.39, 0.29) is 40.6 Å². The zero-order valence-corrected chi connectivity index (χ0v) is 14.9. The third kappa shape index (κ3) is 6.99.